The van der Waals surface area contributed by atoms with Crippen LogP contribution in [0, 0.1) is 5.92 Å². The van der Waals surface area contributed by atoms with Gasteiger partial charge >= 0.3 is 6.18 Å². The van der Waals surface area contributed by atoms with Crippen molar-refractivity contribution in [3.05, 3.63) is 82.6 Å². The molecule has 2 atom stereocenters. The van der Waals surface area contributed by atoms with Crippen LogP contribution in [0.4, 0.5) is 13.2 Å². The van der Waals surface area contributed by atoms with Crippen LogP contribution >= 0.6 is 0 Å². The van der Waals surface area contributed by atoms with Gasteiger partial charge in [0.05, 0.1) is 6.04 Å². The fraction of sp³-hybridized carbons (Fsp3) is 0.400. The van der Waals surface area contributed by atoms with Crippen LogP contribution in [0.5, 0.6) is 0 Å². The van der Waals surface area contributed by atoms with E-state index in [-0.39, 0.29) is 23.2 Å². The summed E-state index contributed by atoms with van der Waals surface area (Å²) in [5, 5.41) is 3.57. The maximum absolute atomic E-state index is 14.6. The first-order chi connectivity index (χ1) is 15.8. The number of amides is 1. The summed E-state index contributed by atoms with van der Waals surface area (Å²) in [5.41, 5.74) is 9.72. The first kappa shape index (κ1) is 22.0. The summed E-state index contributed by atoms with van der Waals surface area (Å²) >= 11 is 0. The number of nitrogens with one attached hydrogen (secondary N) is 3. The summed E-state index contributed by atoms with van der Waals surface area (Å²) in [6, 6.07) is 14.9. The van der Waals surface area contributed by atoms with Crippen molar-refractivity contribution >= 4 is 5.91 Å². The Bertz CT molecular complexity index is 1080. The van der Waals surface area contributed by atoms with Gasteiger partial charge in [0.25, 0.3) is 5.91 Å². The van der Waals surface area contributed by atoms with Crippen molar-refractivity contribution in [3.63, 3.8) is 0 Å². The zero-order chi connectivity index (χ0) is 23.2. The van der Waals surface area contributed by atoms with Gasteiger partial charge < -0.3 is 16.5 Å². The van der Waals surface area contributed by atoms with E-state index in [2.05, 4.69) is 16.2 Å². The fourth-order valence-electron chi connectivity index (χ4n) is 4.56. The highest BCUT2D eigenvalue weighted by Crippen LogP contribution is 2.50. The molecule has 174 valence electrons. The lowest BCUT2D eigenvalue weighted by molar-refractivity contribution is -0.185. The second-order valence-electron chi connectivity index (χ2n) is 9.29. The number of nitrogens with two attached hydrogens (primary N) is 1. The number of carbonyl (C=O) groups is 1. The van der Waals surface area contributed by atoms with Crippen molar-refractivity contribution < 1.29 is 18.0 Å². The smallest absolute Gasteiger partial charge is 0.364 e. The summed E-state index contributed by atoms with van der Waals surface area (Å²) < 4.78 is 43.8. The minimum Gasteiger partial charge on any atom is -0.364 e. The van der Waals surface area contributed by atoms with Crippen LogP contribution in [-0.2, 0) is 10.3 Å². The highest BCUT2D eigenvalue weighted by molar-refractivity contribution is 5.92. The molecule has 2 aliphatic carbocycles. The fourth-order valence-corrected chi connectivity index (χ4v) is 4.56. The van der Waals surface area contributed by atoms with Crippen molar-refractivity contribution in [1.82, 2.24) is 16.2 Å². The van der Waals surface area contributed by atoms with Crippen LogP contribution in [-0.4, -0.2) is 18.6 Å². The molecule has 1 amide bonds. The molecule has 0 spiro atoms. The number of halogens is 3. The summed E-state index contributed by atoms with van der Waals surface area (Å²) in [5.74, 6) is -0.244. The number of rotatable bonds is 8. The molecule has 0 radical (unpaired) electrons. The topological polar surface area (TPSA) is 79.2 Å². The molecular weight excluding hydrogens is 429 g/mol. The van der Waals surface area contributed by atoms with Crippen LogP contribution in [0.1, 0.15) is 59.9 Å². The Labute approximate surface area is 190 Å². The van der Waals surface area contributed by atoms with Gasteiger partial charge in [-0.1, -0.05) is 48.5 Å². The lowest BCUT2D eigenvalue weighted by atomic mass is 9.82. The summed E-state index contributed by atoms with van der Waals surface area (Å²) in [7, 11) is 0. The number of alkyl halides is 3. The predicted molar refractivity (Wildman–Crippen MR) is 119 cm³/mol. The van der Waals surface area contributed by atoms with Gasteiger partial charge in [0, 0.05) is 0 Å². The predicted octanol–water partition coefficient (Wildman–Crippen LogP) is 3.89. The van der Waals surface area contributed by atoms with Gasteiger partial charge in [-0.05, 0) is 72.4 Å². The molecule has 0 aromatic heterocycles. The zero-order valence-corrected chi connectivity index (χ0v) is 18.1. The van der Waals surface area contributed by atoms with E-state index in [1.165, 1.54) is 12.8 Å². The molecule has 2 unspecified atom stereocenters. The first-order valence-electron chi connectivity index (χ1n) is 11.3. The van der Waals surface area contributed by atoms with E-state index in [9.17, 15) is 18.0 Å². The Kier molecular flexibility index (Phi) is 5.45. The SMILES string of the molecule is NC(=O)C1=CC(c2cc(C(NCC3CC3)c3ccccc3)ccc2C2CC2)(C(F)(F)F)NN1. The maximum Gasteiger partial charge on any atom is 0.416 e. The Morgan fingerprint density at radius 3 is 2.39 bits per heavy atom. The van der Waals surface area contributed by atoms with E-state index < -0.39 is 17.6 Å². The molecule has 1 heterocycles. The van der Waals surface area contributed by atoms with E-state index in [1.54, 1.807) is 6.07 Å². The Morgan fingerprint density at radius 2 is 1.82 bits per heavy atom. The average Bonchev–Trinajstić information content (AvgIpc) is 3.72. The molecule has 5 rings (SSSR count). The van der Waals surface area contributed by atoms with Gasteiger partial charge in [0.2, 0.25) is 0 Å². The van der Waals surface area contributed by atoms with Gasteiger partial charge in [-0.25, -0.2) is 5.43 Å². The quantitative estimate of drug-likeness (QED) is 0.486. The van der Waals surface area contributed by atoms with Gasteiger partial charge in [0.1, 0.15) is 5.70 Å². The number of hydrazine groups is 1. The van der Waals surface area contributed by atoms with E-state index in [0.29, 0.717) is 11.5 Å². The summed E-state index contributed by atoms with van der Waals surface area (Å²) in [4.78, 5) is 11.7. The lowest BCUT2D eigenvalue weighted by Gasteiger charge is -2.33. The van der Waals surface area contributed by atoms with E-state index >= 15 is 0 Å². The highest BCUT2D eigenvalue weighted by atomic mass is 19.4. The van der Waals surface area contributed by atoms with Crippen LogP contribution in [0.2, 0.25) is 0 Å². The van der Waals surface area contributed by atoms with E-state index in [0.717, 1.165) is 36.6 Å². The zero-order valence-electron chi connectivity index (χ0n) is 18.1. The molecule has 2 aromatic carbocycles. The van der Waals surface area contributed by atoms with E-state index in [4.69, 9.17) is 5.73 Å². The number of hydrogen-bond acceptors (Lipinski definition) is 4. The van der Waals surface area contributed by atoms with E-state index in [1.807, 2.05) is 42.5 Å². The van der Waals surface area contributed by atoms with Crippen LogP contribution < -0.4 is 21.9 Å². The maximum atomic E-state index is 14.6. The molecule has 8 heteroatoms. The van der Waals surface area contributed by atoms with Gasteiger partial charge in [-0.2, -0.15) is 13.2 Å². The largest absolute Gasteiger partial charge is 0.416 e. The lowest BCUT2D eigenvalue weighted by Crippen LogP contribution is -2.53. The number of hydrogen-bond donors (Lipinski definition) is 4. The third-order valence-electron chi connectivity index (χ3n) is 6.76. The molecule has 5 nitrogen and oxygen atoms in total. The Morgan fingerprint density at radius 1 is 1.09 bits per heavy atom. The van der Waals surface area contributed by atoms with Crippen LogP contribution in [0.15, 0.2) is 60.3 Å². The molecule has 2 aromatic rings. The summed E-state index contributed by atoms with van der Waals surface area (Å²) in [6.07, 6.45) is 0.241. The van der Waals surface area contributed by atoms with Crippen molar-refractivity contribution in [3.8, 4) is 0 Å². The molecule has 5 N–H and O–H groups in total. The third kappa shape index (κ3) is 4.25. The Hall–Kier alpha value is -2.84. The van der Waals surface area contributed by atoms with Crippen molar-refractivity contribution in [2.75, 3.05) is 6.54 Å². The van der Waals surface area contributed by atoms with Crippen molar-refractivity contribution in [2.45, 2.75) is 49.4 Å². The van der Waals surface area contributed by atoms with Crippen LogP contribution in [0.3, 0.4) is 0 Å². The molecule has 3 aliphatic rings. The molecule has 0 saturated heterocycles. The second kappa shape index (κ2) is 8.18. The third-order valence-corrected chi connectivity index (χ3v) is 6.76. The Balaban J connectivity index is 1.63. The monoisotopic (exact) mass is 456 g/mol. The van der Waals surface area contributed by atoms with Gasteiger partial charge in [-0.15, -0.1) is 0 Å². The molecule has 33 heavy (non-hydrogen) atoms. The van der Waals surface area contributed by atoms with Gasteiger partial charge in [0.15, 0.2) is 5.54 Å². The molecular formula is C25H27F3N4O. The molecule has 2 fully saturated rings. The highest BCUT2D eigenvalue weighted by Gasteiger charge is 2.59. The van der Waals surface area contributed by atoms with Crippen molar-refractivity contribution in [2.24, 2.45) is 11.7 Å². The number of benzene rings is 2. The molecule has 0 bridgehead atoms. The van der Waals surface area contributed by atoms with Crippen molar-refractivity contribution in [1.29, 1.82) is 0 Å². The summed E-state index contributed by atoms with van der Waals surface area (Å²) in [6.45, 7) is 0.815. The number of carbonyl (C=O) groups excluding carboxylic acids is 1. The minimum atomic E-state index is -4.69. The van der Waals surface area contributed by atoms with Crippen LogP contribution in [0.25, 0.3) is 0 Å². The number of primary amides is 1. The van der Waals surface area contributed by atoms with Gasteiger partial charge in [-0.3, -0.25) is 4.79 Å². The standard InChI is InChI=1S/C25H27F3N4O/c26-25(27,28)24(13-21(23(29)33)31-32-24)20-12-18(10-11-19(20)16-8-9-16)22(30-14-15-6-7-15)17-4-2-1-3-5-17/h1-5,10-13,15-16,22,30-32H,6-9,14H2,(H2,29,33). The minimum absolute atomic E-state index is 0.0794. The average molecular weight is 457 g/mol. The molecule has 1 aliphatic heterocycles. The first-order valence-corrected chi connectivity index (χ1v) is 11.3. The normalized spacial score (nSPS) is 23.7. The molecule has 2 saturated carbocycles. The second-order valence-corrected chi connectivity index (χ2v) is 9.29.